The van der Waals surface area contributed by atoms with E-state index < -0.39 is 0 Å². The SMILES string of the molecule is C=CCn1c(=O)c(N2CCC(NC(=O)Nc3cccc(Cl)c3C)CC2)nc2cccnc21. The van der Waals surface area contributed by atoms with E-state index in [1.54, 1.807) is 35.0 Å². The summed E-state index contributed by atoms with van der Waals surface area (Å²) in [5.41, 5.74) is 2.54. The molecule has 8 nitrogen and oxygen atoms in total. The minimum absolute atomic E-state index is 0.00302. The monoisotopic (exact) mass is 452 g/mol. The highest BCUT2D eigenvalue weighted by atomic mass is 35.5. The quantitative estimate of drug-likeness (QED) is 0.575. The van der Waals surface area contributed by atoms with E-state index in [1.165, 1.54) is 0 Å². The summed E-state index contributed by atoms with van der Waals surface area (Å²) in [6.45, 7) is 7.20. The zero-order valence-electron chi connectivity index (χ0n) is 17.8. The summed E-state index contributed by atoms with van der Waals surface area (Å²) >= 11 is 6.12. The van der Waals surface area contributed by atoms with Crippen LogP contribution >= 0.6 is 11.6 Å². The molecule has 0 radical (unpaired) electrons. The normalized spacial score (nSPS) is 14.4. The van der Waals surface area contributed by atoms with Gasteiger partial charge in [-0.1, -0.05) is 23.7 Å². The van der Waals surface area contributed by atoms with Crippen molar-refractivity contribution in [2.24, 2.45) is 0 Å². The van der Waals surface area contributed by atoms with Gasteiger partial charge >= 0.3 is 6.03 Å². The number of benzene rings is 1. The largest absolute Gasteiger partial charge is 0.352 e. The first-order valence-corrected chi connectivity index (χ1v) is 10.9. The number of anilines is 2. The third-order valence-corrected chi connectivity index (χ3v) is 6.05. The molecule has 0 saturated carbocycles. The maximum atomic E-state index is 13.1. The molecule has 1 aliphatic rings. The summed E-state index contributed by atoms with van der Waals surface area (Å²) in [7, 11) is 0. The number of carbonyl (C=O) groups excluding carboxylic acids is 1. The number of pyridine rings is 1. The number of hydrogen-bond donors (Lipinski definition) is 2. The average Bonchev–Trinajstić information content (AvgIpc) is 2.79. The van der Waals surface area contributed by atoms with Crippen LogP contribution in [-0.4, -0.2) is 39.7 Å². The fraction of sp³-hybridized carbons (Fsp3) is 0.304. The van der Waals surface area contributed by atoms with Crippen molar-refractivity contribution >= 4 is 40.3 Å². The van der Waals surface area contributed by atoms with Crippen LogP contribution < -0.4 is 21.1 Å². The topological polar surface area (TPSA) is 92.2 Å². The lowest BCUT2D eigenvalue weighted by Gasteiger charge is -2.33. The zero-order valence-corrected chi connectivity index (χ0v) is 18.6. The summed E-state index contributed by atoms with van der Waals surface area (Å²) in [5.74, 6) is 0.407. The highest BCUT2D eigenvalue weighted by Crippen LogP contribution is 2.23. The van der Waals surface area contributed by atoms with Crippen molar-refractivity contribution in [2.45, 2.75) is 32.4 Å². The second-order valence-corrected chi connectivity index (χ2v) is 8.17. The van der Waals surface area contributed by atoms with Gasteiger partial charge in [0.1, 0.15) is 5.52 Å². The van der Waals surface area contributed by atoms with Gasteiger partial charge < -0.3 is 15.5 Å². The standard InChI is InChI=1S/C23H25ClN6O2/c1-3-12-30-20-19(8-5-11-25-20)27-21(22(30)31)29-13-9-16(10-14-29)26-23(32)28-18-7-4-6-17(24)15(18)2/h3-8,11,16H,1,9-10,12-14H2,2H3,(H2,26,28,32). The Labute approximate surface area is 190 Å². The van der Waals surface area contributed by atoms with Gasteiger partial charge in [-0.3, -0.25) is 9.36 Å². The summed E-state index contributed by atoms with van der Waals surface area (Å²) in [4.78, 5) is 36.4. The van der Waals surface area contributed by atoms with Crippen molar-refractivity contribution in [2.75, 3.05) is 23.3 Å². The molecule has 1 aliphatic heterocycles. The molecule has 32 heavy (non-hydrogen) atoms. The van der Waals surface area contributed by atoms with Crippen molar-refractivity contribution in [1.29, 1.82) is 0 Å². The molecule has 2 amide bonds. The Morgan fingerprint density at radius 1 is 1.28 bits per heavy atom. The molecule has 3 heterocycles. The van der Waals surface area contributed by atoms with E-state index in [0.29, 0.717) is 60.2 Å². The predicted octanol–water partition coefficient (Wildman–Crippen LogP) is 3.73. The molecule has 0 unspecified atom stereocenters. The van der Waals surface area contributed by atoms with Crippen LogP contribution in [0.2, 0.25) is 5.02 Å². The molecule has 9 heteroatoms. The highest BCUT2D eigenvalue weighted by Gasteiger charge is 2.25. The second kappa shape index (κ2) is 9.40. The van der Waals surface area contributed by atoms with Crippen molar-refractivity contribution in [3.8, 4) is 0 Å². The molecule has 0 aliphatic carbocycles. The number of fused-ring (bicyclic) bond motifs is 1. The smallest absolute Gasteiger partial charge is 0.319 e. The fourth-order valence-electron chi connectivity index (χ4n) is 3.89. The van der Waals surface area contributed by atoms with Crippen LogP contribution in [0.15, 0.2) is 54.0 Å². The molecular formula is C23H25ClN6O2. The van der Waals surface area contributed by atoms with Crippen LogP contribution in [0.5, 0.6) is 0 Å². The molecule has 2 N–H and O–H groups in total. The first-order chi connectivity index (χ1) is 15.5. The van der Waals surface area contributed by atoms with Crippen LogP contribution in [0.4, 0.5) is 16.3 Å². The van der Waals surface area contributed by atoms with E-state index in [0.717, 1.165) is 5.56 Å². The van der Waals surface area contributed by atoms with E-state index in [2.05, 4.69) is 27.2 Å². The average molecular weight is 453 g/mol. The Morgan fingerprint density at radius 3 is 2.81 bits per heavy atom. The van der Waals surface area contributed by atoms with Gasteiger partial charge in [-0.05, 0) is 49.6 Å². The molecule has 4 rings (SSSR count). The Balaban J connectivity index is 1.44. The number of urea groups is 1. The van der Waals surface area contributed by atoms with Gasteiger partial charge in [-0.15, -0.1) is 6.58 Å². The lowest BCUT2D eigenvalue weighted by molar-refractivity contribution is 0.246. The summed E-state index contributed by atoms with van der Waals surface area (Å²) in [6.07, 6.45) is 4.73. The number of allylic oxidation sites excluding steroid dienone is 1. The zero-order chi connectivity index (χ0) is 22.7. The molecule has 0 atom stereocenters. The number of aromatic nitrogens is 3. The van der Waals surface area contributed by atoms with Crippen LogP contribution in [0.25, 0.3) is 11.2 Å². The van der Waals surface area contributed by atoms with Crippen LogP contribution in [0.3, 0.4) is 0 Å². The number of nitrogens with one attached hydrogen (secondary N) is 2. The highest BCUT2D eigenvalue weighted by molar-refractivity contribution is 6.31. The van der Waals surface area contributed by atoms with Gasteiger partial charge in [0.2, 0.25) is 0 Å². The van der Waals surface area contributed by atoms with Gasteiger partial charge in [0, 0.05) is 42.6 Å². The van der Waals surface area contributed by atoms with Crippen molar-refractivity contribution < 1.29 is 4.79 Å². The van der Waals surface area contributed by atoms with Crippen molar-refractivity contribution in [1.82, 2.24) is 19.9 Å². The van der Waals surface area contributed by atoms with Crippen LogP contribution in [-0.2, 0) is 6.54 Å². The lowest BCUT2D eigenvalue weighted by Crippen LogP contribution is -2.47. The molecule has 3 aromatic rings. The van der Waals surface area contributed by atoms with Crippen molar-refractivity contribution in [3.63, 3.8) is 0 Å². The number of rotatable bonds is 5. The minimum atomic E-state index is -0.267. The van der Waals surface area contributed by atoms with Crippen LogP contribution in [0.1, 0.15) is 18.4 Å². The second-order valence-electron chi connectivity index (χ2n) is 7.76. The number of amides is 2. The lowest BCUT2D eigenvalue weighted by atomic mass is 10.1. The maximum absolute atomic E-state index is 13.1. The first-order valence-electron chi connectivity index (χ1n) is 10.5. The summed E-state index contributed by atoms with van der Waals surface area (Å²) in [5, 5.41) is 6.48. The van der Waals surface area contributed by atoms with Crippen LogP contribution in [0, 0.1) is 6.92 Å². The number of nitrogens with zero attached hydrogens (tertiary/aromatic N) is 4. The van der Waals surface area contributed by atoms with E-state index in [1.807, 2.05) is 24.0 Å². The summed E-state index contributed by atoms with van der Waals surface area (Å²) < 4.78 is 1.59. The molecule has 0 spiro atoms. The molecule has 2 aromatic heterocycles. The Morgan fingerprint density at radius 2 is 2.06 bits per heavy atom. The maximum Gasteiger partial charge on any atom is 0.319 e. The van der Waals surface area contributed by atoms with Gasteiger partial charge in [0.05, 0.1) is 0 Å². The first kappa shape index (κ1) is 21.8. The third kappa shape index (κ3) is 4.45. The minimum Gasteiger partial charge on any atom is -0.352 e. The molecular weight excluding hydrogens is 428 g/mol. The molecule has 1 fully saturated rings. The van der Waals surface area contributed by atoms with E-state index >= 15 is 0 Å². The Hall–Kier alpha value is -3.39. The van der Waals surface area contributed by atoms with Crippen molar-refractivity contribution in [3.05, 3.63) is 70.1 Å². The fourth-order valence-corrected chi connectivity index (χ4v) is 4.06. The van der Waals surface area contributed by atoms with E-state index in [4.69, 9.17) is 11.6 Å². The molecule has 166 valence electrons. The third-order valence-electron chi connectivity index (χ3n) is 5.64. The molecule has 1 saturated heterocycles. The molecule has 1 aromatic carbocycles. The number of carbonyl (C=O) groups is 1. The van der Waals surface area contributed by atoms with Gasteiger partial charge in [-0.2, -0.15) is 0 Å². The van der Waals surface area contributed by atoms with E-state index in [-0.39, 0.29) is 17.6 Å². The Bertz CT molecular complexity index is 1220. The van der Waals surface area contributed by atoms with Gasteiger partial charge in [-0.25, -0.2) is 14.8 Å². The van der Waals surface area contributed by atoms with Gasteiger partial charge in [0.25, 0.3) is 5.56 Å². The molecule has 0 bridgehead atoms. The van der Waals surface area contributed by atoms with E-state index in [9.17, 15) is 9.59 Å². The Kier molecular flexibility index (Phi) is 6.41. The number of halogens is 1. The number of piperidine rings is 1. The van der Waals surface area contributed by atoms with Gasteiger partial charge in [0.15, 0.2) is 11.5 Å². The number of hydrogen-bond acceptors (Lipinski definition) is 5. The predicted molar refractivity (Wildman–Crippen MR) is 128 cm³/mol. The summed E-state index contributed by atoms with van der Waals surface area (Å²) in [6, 6.07) is 8.79.